The van der Waals surface area contributed by atoms with Crippen molar-refractivity contribution in [2.45, 2.75) is 146 Å². The van der Waals surface area contributed by atoms with Crippen LogP contribution in [-0.4, -0.2) is 0 Å². The van der Waals surface area contributed by atoms with E-state index in [2.05, 4.69) is 238 Å². The van der Waals surface area contributed by atoms with Gasteiger partial charge in [0.2, 0.25) is 0 Å². The minimum Gasteiger partial charge on any atom is -0.143 e. The molecule has 112 heavy (non-hydrogen) atoms. The van der Waals surface area contributed by atoms with Crippen molar-refractivity contribution in [2.24, 2.45) is 0 Å². The molecule has 0 aromatic carbocycles. The van der Waals surface area contributed by atoms with E-state index in [4.69, 9.17) is 0 Å². The predicted octanol–water partition coefficient (Wildman–Crippen LogP) is 35.2. The second-order valence-electron chi connectivity index (χ2n) is 30.7. The van der Waals surface area contributed by atoms with Crippen LogP contribution in [0, 0.1) is 83.1 Å². The molecule has 18 aromatic rings. The van der Waals surface area contributed by atoms with Crippen LogP contribution >= 0.6 is 204 Å². The Hall–Kier alpha value is -5.40. The van der Waals surface area contributed by atoms with E-state index < -0.39 is 10.8 Å². The van der Waals surface area contributed by atoms with E-state index in [-0.39, 0.29) is 0 Å². The quantitative estimate of drug-likeness (QED) is 0.142. The topological polar surface area (TPSA) is 0 Å². The van der Waals surface area contributed by atoms with Crippen molar-refractivity contribution in [3.8, 4) is 117 Å². The second kappa shape index (κ2) is 29.3. The van der Waals surface area contributed by atoms with Gasteiger partial charge in [-0.1, -0.05) is 0 Å². The molecule has 0 saturated heterocycles. The summed E-state index contributed by atoms with van der Waals surface area (Å²) in [6.07, 6.45) is 6.11. The van der Waals surface area contributed by atoms with Gasteiger partial charge < -0.3 is 0 Å². The van der Waals surface area contributed by atoms with Gasteiger partial charge in [-0.15, -0.1) is 204 Å². The van der Waals surface area contributed by atoms with Crippen LogP contribution < -0.4 is 0 Å². The first-order valence-electron chi connectivity index (χ1n) is 37.8. The van der Waals surface area contributed by atoms with E-state index in [0.717, 1.165) is 38.5 Å². The molecule has 21 heterocycles. The summed E-state index contributed by atoms with van der Waals surface area (Å²) >= 11 is 35.6. The third-order valence-electron chi connectivity index (χ3n) is 24.0. The average molecular weight is 1780 g/mol. The monoisotopic (exact) mass is 1780 g/mol. The first kappa shape index (κ1) is 75.4. The fourth-order valence-electron chi connectivity index (χ4n) is 16.1. The van der Waals surface area contributed by atoms with Gasteiger partial charge in [0.25, 0.3) is 0 Å². The molecule has 0 nitrogen and oxygen atoms in total. The molecule has 38 bridgehead atoms. The Morgan fingerprint density at radius 1 is 0.179 bits per heavy atom. The van der Waals surface area contributed by atoms with Crippen molar-refractivity contribution in [1.82, 2.24) is 0 Å². The van der Waals surface area contributed by atoms with Crippen LogP contribution in [0.2, 0.25) is 0 Å². The number of aryl methyl sites for hydroxylation is 6. The highest BCUT2D eigenvalue weighted by Crippen LogP contribution is 2.59. The Kier molecular flexibility index (Phi) is 19.7. The molecule has 0 atom stereocenters. The van der Waals surface area contributed by atoms with Crippen LogP contribution in [0.25, 0.3) is 117 Å². The molecule has 18 aromatic heterocycles. The van der Waals surface area contributed by atoms with Gasteiger partial charge in [-0.05, 0) is 377 Å². The number of thiophene rings is 18. The number of rotatable bonds is 0. The van der Waals surface area contributed by atoms with E-state index in [1.165, 1.54) is 246 Å². The van der Waals surface area contributed by atoms with Crippen LogP contribution in [0.4, 0.5) is 0 Å². The highest BCUT2D eigenvalue weighted by molar-refractivity contribution is 7.31. The minimum absolute atomic E-state index is 0.397. The summed E-state index contributed by atoms with van der Waals surface area (Å²) in [4.78, 5) is 41.6. The molecule has 3 aliphatic rings. The second-order valence-corrected chi connectivity index (χ2v) is 48.8. The van der Waals surface area contributed by atoms with Crippen molar-refractivity contribution in [3.05, 3.63) is 271 Å². The molecule has 0 fully saturated rings. The molecule has 0 unspecified atom stereocenters. The Balaban J connectivity index is 0.740. The van der Waals surface area contributed by atoms with Crippen LogP contribution in [-0.2, 0) is 49.4 Å². The summed E-state index contributed by atoms with van der Waals surface area (Å²) < 4.78 is 0. The first-order valence-corrected chi connectivity index (χ1v) is 52.9. The Labute approximate surface area is 729 Å². The fourth-order valence-corrected chi connectivity index (χ4v) is 39.2. The standard InChI is InChI=1S/C94H78S18/c1-45-51(7)87-69-33-57(39-95-69)15-16-58-34-70(96-40-58)88-54(10)48(4)84(110-88)66-24-30-78(104-66)94(14)79-31-25-67(105-79)85-49(5)55(11)91(111-85)73-37-61(43-99-73)19-17-59-35-71(97-41-59)89-52(8)46(2)82(108-89)64-22-28-76(102-64)93(13,75-27-21-63(101-75)81(45)107-87)77-29-23-65(103-77)83-47(3)53(9)90(109-83)72-36-60(42-98-72)18-20-62-38-74(100-44-62)92-56(12)50(6)86(112-92)68-26-32-80(94)106-68/h21-44H,15-20H2,1-14H3. The van der Waals surface area contributed by atoms with Gasteiger partial charge >= 0.3 is 0 Å². The number of hydrogen-bond donors (Lipinski definition) is 0. The molecule has 3 aliphatic heterocycles. The molecule has 0 N–H and O–H groups in total. The Bertz CT molecular complexity index is 5650. The zero-order chi connectivity index (χ0) is 76.7. The maximum Gasteiger partial charge on any atom is 0.0704 e. The maximum absolute atomic E-state index is 2.54. The highest BCUT2D eigenvalue weighted by atomic mass is 32.2. The van der Waals surface area contributed by atoms with Gasteiger partial charge in [-0.2, -0.15) is 0 Å². The Morgan fingerprint density at radius 3 is 0.455 bits per heavy atom. The third-order valence-corrected chi connectivity index (χ3v) is 48.2. The summed E-state index contributed by atoms with van der Waals surface area (Å²) in [5, 5.41) is 14.6. The molecule has 0 radical (unpaired) electrons. The number of fused-ring (bicyclic) bond motifs is 3. The molecular weight excluding hydrogens is 1710 g/mol. The first-order chi connectivity index (χ1) is 54.1. The van der Waals surface area contributed by atoms with Gasteiger partial charge in [0.05, 0.1) is 10.8 Å². The Morgan fingerprint density at radius 2 is 0.312 bits per heavy atom. The molecule has 18 heteroatoms. The van der Waals surface area contributed by atoms with Gasteiger partial charge in [-0.3, -0.25) is 0 Å². The van der Waals surface area contributed by atoms with E-state index in [9.17, 15) is 0 Å². The normalized spacial score (nSPS) is 15.8. The average Bonchev–Trinajstić information content (AvgIpc) is 1.58. The van der Waals surface area contributed by atoms with E-state index in [1.807, 2.05) is 204 Å². The summed E-state index contributed by atoms with van der Waals surface area (Å²) in [5.74, 6) is 0. The highest BCUT2D eigenvalue weighted by Gasteiger charge is 2.40. The predicted molar refractivity (Wildman–Crippen MR) is 516 cm³/mol. The zero-order valence-corrected chi connectivity index (χ0v) is 79.1. The lowest BCUT2D eigenvalue weighted by molar-refractivity contribution is 0.744. The van der Waals surface area contributed by atoms with E-state index in [0.29, 0.717) is 0 Å². The lowest BCUT2D eigenvalue weighted by Gasteiger charge is -2.26. The molecule has 0 aliphatic carbocycles. The summed E-state index contributed by atoms with van der Waals surface area (Å²) in [6, 6.07) is 44.6. The van der Waals surface area contributed by atoms with Gasteiger partial charge in [0.15, 0.2) is 0 Å². The third kappa shape index (κ3) is 12.7. The molecule has 562 valence electrons. The van der Waals surface area contributed by atoms with Crippen LogP contribution in [0.5, 0.6) is 0 Å². The fraction of sp³-hybridized carbons (Fsp3) is 0.234. The summed E-state index contributed by atoms with van der Waals surface area (Å²) in [5.41, 5.74) is 24.6. The lowest BCUT2D eigenvalue weighted by atomic mass is 9.85. The maximum atomic E-state index is 2.54. The van der Waals surface area contributed by atoms with Crippen LogP contribution in [0.1, 0.15) is 143 Å². The molecule has 0 saturated carbocycles. The van der Waals surface area contributed by atoms with E-state index >= 15 is 0 Å². The SMILES string of the molecule is Cc1c2sc(c1C)-c1ccc(s1)C1(C)c3ccc(s3)-c3sc(c(C)c3C)-c3cc(cs3)CCc3csc(c3)-c3sc(c(C)c3C)-c3ccc(s3)C(C)(c3ccc(s3)-c3sc(c(C)c3C)-c3cc(cs3)CCc3csc-2c3)c2ccc(s2)-c2sc(c(C)c2C)-c2cc(cs2)CCc2csc(c2)-c2sc(c(C)c2C)-c2ccc1s2. The van der Waals surface area contributed by atoms with Gasteiger partial charge in [0, 0.05) is 146 Å². The van der Waals surface area contributed by atoms with Crippen molar-refractivity contribution in [2.75, 3.05) is 0 Å². The van der Waals surface area contributed by atoms with E-state index in [1.54, 1.807) is 0 Å². The van der Waals surface area contributed by atoms with Crippen LogP contribution in [0.15, 0.2) is 141 Å². The van der Waals surface area contributed by atoms with Crippen LogP contribution in [0.3, 0.4) is 0 Å². The summed E-state index contributed by atoms with van der Waals surface area (Å²) in [6.45, 7) is 33.5. The minimum atomic E-state index is -0.397. The summed E-state index contributed by atoms with van der Waals surface area (Å²) in [7, 11) is 0. The van der Waals surface area contributed by atoms with Crippen molar-refractivity contribution >= 4 is 204 Å². The zero-order valence-electron chi connectivity index (χ0n) is 64.4. The molecule has 0 spiro atoms. The van der Waals surface area contributed by atoms with Crippen molar-refractivity contribution in [3.63, 3.8) is 0 Å². The van der Waals surface area contributed by atoms with Crippen molar-refractivity contribution in [1.29, 1.82) is 0 Å². The molecule has 21 rings (SSSR count). The smallest absolute Gasteiger partial charge is 0.0704 e. The largest absolute Gasteiger partial charge is 0.143 e. The van der Waals surface area contributed by atoms with Gasteiger partial charge in [0.1, 0.15) is 0 Å². The molecule has 0 amide bonds. The lowest BCUT2D eigenvalue weighted by Crippen LogP contribution is -2.21. The number of hydrogen-bond acceptors (Lipinski definition) is 18. The van der Waals surface area contributed by atoms with Gasteiger partial charge in [-0.25, -0.2) is 0 Å². The molecular formula is C94H78S18. The van der Waals surface area contributed by atoms with Crippen molar-refractivity contribution < 1.29 is 0 Å².